The van der Waals surface area contributed by atoms with Gasteiger partial charge < -0.3 is 14.8 Å². The zero-order valence-electron chi connectivity index (χ0n) is 25.3. The second-order valence-corrected chi connectivity index (χ2v) is 12.9. The number of nitrogens with one attached hydrogen (secondary N) is 1. The van der Waals surface area contributed by atoms with Gasteiger partial charge in [-0.1, -0.05) is 53.4 Å². The molecule has 3 heterocycles. The van der Waals surface area contributed by atoms with Crippen LogP contribution in [0.3, 0.4) is 0 Å². The third kappa shape index (κ3) is 5.87. The number of halogens is 3. The van der Waals surface area contributed by atoms with Crippen LogP contribution >= 0.6 is 23.1 Å². The van der Waals surface area contributed by atoms with Crippen molar-refractivity contribution in [3.8, 4) is 5.75 Å². The SMILES string of the molecule is CCOC(=O)c1ccc(NC(=O)Cn2c3c(sc2=O)[C@@H](c2ccccc2OC)[C@@H]2C(=O)N(c4ccccc4C(F)(F)F)C(=O)[C@@H]2S3)cc1. The number of aromatic nitrogens is 1. The molecule has 1 aromatic heterocycles. The van der Waals surface area contributed by atoms with Crippen molar-refractivity contribution in [1.82, 2.24) is 4.57 Å². The van der Waals surface area contributed by atoms with E-state index in [4.69, 9.17) is 9.47 Å². The Morgan fingerprint density at radius 3 is 2.31 bits per heavy atom. The summed E-state index contributed by atoms with van der Waals surface area (Å²) in [4.78, 5) is 67.1. The van der Waals surface area contributed by atoms with Crippen LogP contribution in [0, 0.1) is 5.92 Å². The number of alkyl halides is 3. The molecule has 1 saturated heterocycles. The molecule has 248 valence electrons. The second-order valence-electron chi connectivity index (χ2n) is 10.8. The molecular formula is C33H26F3N3O7S2. The second kappa shape index (κ2) is 13.0. The van der Waals surface area contributed by atoms with E-state index in [2.05, 4.69) is 5.32 Å². The molecule has 0 bridgehead atoms. The number of esters is 1. The van der Waals surface area contributed by atoms with E-state index in [0.29, 0.717) is 26.8 Å². The highest BCUT2D eigenvalue weighted by Gasteiger charge is 2.58. The molecule has 10 nitrogen and oxygen atoms in total. The van der Waals surface area contributed by atoms with Gasteiger partial charge in [0, 0.05) is 22.0 Å². The Kier molecular flexibility index (Phi) is 8.92. The van der Waals surface area contributed by atoms with Gasteiger partial charge in [-0.05, 0) is 49.4 Å². The number of carbonyl (C=O) groups excluding carboxylic acids is 4. The van der Waals surface area contributed by atoms with Gasteiger partial charge >= 0.3 is 17.0 Å². The lowest BCUT2D eigenvalue weighted by molar-refractivity contribution is -0.137. The molecule has 1 fully saturated rings. The van der Waals surface area contributed by atoms with E-state index in [1.807, 2.05) is 0 Å². The lowest BCUT2D eigenvalue weighted by Crippen LogP contribution is -2.33. The average molecular weight is 698 g/mol. The van der Waals surface area contributed by atoms with Crippen molar-refractivity contribution in [3.05, 3.63) is 104 Å². The maximum absolute atomic E-state index is 14.1. The standard InChI is InChI=1S/C33H26F3N3O7S2/c1-3-46-31(43)17-12-14-18(15-13-17)37-23(40)16-38-30-27(48-32(38)44)24(19-8-4-7-11-22(19)45-2)25-26(47-30)29(42)39(28(25)41)21-10-6-5-9-20(21)33(34,35)36/h4-15,24-26H,3,16H2,1-2H3,(H,37,40)/t24-,25-,26+/m0/s1. The van der Waals surface area contributed by atoms with E-state index in [0.717, 1.165) is 35.2 Å². The number of rotatable bonds is 8. The number of anilines is 2. The number of fused-ring (bicyclic) bond motifs is 2. The number of hydrogen-bond donors (Lipinski definition) is 1. The van der Waals surface area contributed by atoms with Crippen molar-refractivity contribution in [2.75, 3.05) is 23.9 Å². The lowest BCUT2D eigenvalue weighted by atomic mass is 9.82. The Morgan fingerprint density at radius 1 is 0.938 bits per heavy atom. The Hall–Kier alpha value is -4.89. The van der Waals surface area contributed by atoms with Gasteiger partial charge in [-0.2, -0.15) is 13.2 Å². The van der Waals surface area contributed by atoms with Crippen LogP contribution < -0.4 is 19.8 Å². The molecule has 48 heavy (non-hydrogen) atoms. The molecule has 0 radical (unpaired) electrons. The van der Waals surface area contributed by atoms with Crippen molar-refractivity contribution >= 4 is 58.2 Å². The number of ether oxygens (including phenoxy) is 2. The van der Waals surface area contributed by atoms with Crippen molar-refractivity contribution in [3.63, 3.8) is 0 Å². The summed E-state index contributed by atoms with van der Waals surface area (Å²) >= 11 is 1.67. The minimum atomic E-state index is -4.84. The van der Waals surface area contributed by atoms with Gasteiger partial charge in [0.25, 0.3) is 0 Å². The zero-order chi connectivity index (χ0) is 34.3. The number of methoxy groups -OCH3 is 1. The number of para-hydroxylation sites is 2. The van der Waals surface area contributed by atoms with Crippen LogP contribution in [-0.4, -0.2) is 47.2 Å². The van der Waals surface area contributed by atoms with Gasteiger partial charge in [-0.25, -0.2) is 9.69 Å². The smallest absolute Gasteiger partial charge is 0.418 e. The predicted molar refractivity (Wildman–Crippen MR) is 172 cm³/mol. The Bertz CT molecular complexity index is 1990. The maximum atomic E-state index is 14.1. The number of thioether (sulfide) groups is 1. The molecule has 0 unspecified atom stereocenters. The minimum Gasteiger partial charge on any atom is -0.496 e. The molecule has 2 aliphatic heterocycles. The van der Waals surface area contributed by atoms with Gasteiger partial charge in [0.05, 0.1) is 41.5 Å². The summed E-state index contributed by atoms with van der Waals surface area (Å²) in [6.07, 6.45) is -4.84. The van der Waals surface area contributed by atoms with Gasteiger partial charge in [0.2, 0.25) is 17.7 Å². The molecule has 3 atom stereocenters. The zero-order valence-corrected chi connectivity index (χ0v) is 26.9. The first kappa shape index (κ1) is 33.0. The molecule has 0 aliphatic carbocycles. The number of imide groups is 1. The fraction of sp³-hybridized carbons (Fsp3) is 0.242. The molecule has 2 aliphatic rings. The van der Waals surface area contributed by atoms with Gasteiger partial charge in [0.1, 0.15) is 17.5 Å². The van der Waals surface area contributed by atoms with Crippen LogP contribution in [0.15, 0.2) is 82.6 Å². The number of carbonyl (C=O) groups is 4. The van der Waals surface area contributed by atoms with Crippen molar-refractivity contribution in [2.24, 2.45) is 5.92 Å². The molecule has 3 aromatic carbocycles. The van der Waals surface area contributed by atoms with Crippen molar-refractivity contribution in [2.45, 2.75) is 35.8 Å². The summed E-state index contributed by atoms with van der Waals surface area (Å²) in [6.45, 7) is 1.42. The number of hydrogen-bond acceptors (Lipinski definition) is 9. The van der Waals surface area contributed by atoms with E-state index in [1.54, 1.807) is 31.2 Å². The molecule has 3 amide bonds. The van der Waals surface area contributed by atoms with Gasteiger partial charge in [0.15, 0.2) is 0 Å². The Labute approximate surface area is 279 Å². The van der Waals surface area contributed by atoms with Crippen LogP contribution in [0.25, 0.3) is 0 Å². The highest BCUT2D eigenvalue weighted by molar-refractivity contribution is 8.00. The summed E-state index contributed by atoms with van der Waals surface area (Å²) in [5, 5.41) is 1.72. The molecule has 4 aromatic rings. The highest BCUT2D eigenvalue weighted by atomic mass is 32.2. The fourth-order valence-electron chi connectivity index (χ4n) is 5.91. The highest BCUT2D eigenvalue weighted by Crippen LogP contribution is 2.55. The van der Waals surface area contributed by atoms with Crippen LogP contribution in [0.5, 0.6) is 5.75 Å². The van der Waals surface area contributed by atoms with Crippen LogP contribution in [0.4, 0.5) is 24.5 Å². The Morgan fingerprint density at radius 2 is 1.62 bits per heavy atom. The number of amides is 3. The largest absolute Gasteiger partial charge is 0.496 e. The van der Waals surface area contributed by atoms with E-state index >= 15 is 0 Å². The number of nitrogens with zero attached hydrogens (tertiary/aromatic N) is 2. The first-order valence-electron chi connectivity index (χ1n) is 14.6. The first-order chi connectivity index (χ1) is 22.9. The monoisotopic (exact) mass is 697 g/mol. The van der Waals surface area contributed by atoms with Crippen LogP contribution in [0.1, 0.15) is 39.2 Å². The molecule has 0 saturated carbocycles. The van der Waals surface area contributed by atoms with Crippen LogP contribution in [0.2, 0.25) is 0 Å². The maximum Gasteiger partial charge on any atom is 0.418 e. The average Bonchev–Trinajstić information content (AvgIpc) is 3.50. The van der Waals surface area contributed by atoms with E-state index in [-0.39, 0.29) is 17.2 Å². The summed E-state index contributed by atoms with van der Waals surface area (Å²) in [5.41, 5.74) is -0.622. The third-order valence-corrected chi connectivity index (χ3v) is 10.6. The van der Waals surface area contributed by atoms with Gasteiger partial charge in [-0.3, -0.25) is 23.7 Å². The normalized spacial score (nSPS) is 18.7. The predicted octanol–water partition coefficient (Wildman–Crippen LogP) is 5.55. The molecule has 1 N–H and O–H groups in total. The van der Waals surface area contributed by atoms with E-state index in [1.165, 1.54) is 48.1 Å². The number of thiazole rings is 1. The summed E-state index contributed by atoms with van der Waals surface area (Å²) in [6, 6.07) is 17.0. The quantitative estimate of drug-likeness (QED) is 0.188. The lowest BCUT2D eigenvalue weighted by Gasteiger charge is -2.31. The summed E-state index contributed by atoms with van der Waals surface area (Å²) in [5.74, 6) is -4.59. The molecule has 0 spiro atoms. The summed E-state index contributed by atoms with van der Waals surface area (Å²) in [7, 11) is 1.42. The minimum absolute atomic E-state index is 0.202. The molecular weight excluding hydrogens is 672 g/mol. The van der Waals surface area contributed by atoms with E-state index in [9.17, 15) is 37.1 Å². The molecule has 6 rings (SSSR count). The third-order valence-electron chi connectivity index (χ3n) is 7.96. The van der Waals surface area contributed by atoms with Crippen molar-refractivity contribution < 1.29 is 41.8 Å². The molecule has 15 heteroatoms. The first-order valence-corrected chi connectivity index (χ1v) is 16.3. The van der Waals surface area contributed by atoms with Crippen LogP contribution in [-0.2, 0) is 31.8 Å². The fourth-order valence-corrected chi connectivity index (χ4v) is 8.67. The number of benzene rings is 3. The summed E-state index contributed by atoms with van der Waals surface area (Å²) < 4.78 is 53.8. The Balaban J connectivity index is 1.38. The topological polar surface area (TPSA) is 124 Å². The van der Waals surface area contributed by atoms with Crippen molar-refractivity contribution in [1.29, 1.82) is 0 Å². The van der Waals surface area contributed by atoms with Gasteiger partial charge in [-0.15, -0.1) is 0 Å². The van der Waals surface area contributed by atoms with E-state index < -0.39 is 69.6 Å².